The van der Waals surface area contributed by atoms with Crippen molar-refractivity contribution in [1.82, 2.24) is 9.97 Å². The number of hydrogen-bond acceptors (Lipinski definition) is 3. The quantitative estimate of drug-likeness (QED) is 0.216. The van der Waals surface area contributed by atoms with Gasteiger partial charge in [-0.2, -0.15) is 0 Å². The summed E-state index contributed by atoms with van der Waals surface area (Å²) >= 11 is 2.03. The Morgan fingerprint density at radius 3 is 2.26 bits per heavy atom. The van der Waals surface area contributed by atoms with Crippen LogP contribution in [0.2, 0.25) is 0 Å². The van der Waals surface area contributed by atoms with Crippen LogP contribution in [0.1, 0.15) is 43.2 Å². The van der Waals surface area contributed by atoms with Crippen LogP contribution in [0.4, 0.5) is 0 Å². The molecule has 0 saturated heterocycles. The number of para-hydroxylation sites is 1. The summed E-state index contributed by atoms with van der Waals surface area (Å²) in [6.07, 6.45) is 8.98. The summed E-state index contributed by atoms with van der Waals surface area (Å²) in [5.41, 5.74) is 8.46. The third-order valence-electron chi connectivity index (χ3n) is 10.9. The molecule has 2 aromatic heterocycles. The van der Waals surface area contributed by atoms with Crippen LogP contribution in [0.25, 0.3) is 53.6 Å². The van der Waals surface area contributed by atoms with Crippen LogP contribution in [-0.4, -0.2) is 9.97 Å². The topological polar surface area (TPSA) is 25.8 Å². The van der Waals surface area contributed by atoms with Crippen LogP contribution in [0.5, 0.6) is 0 Å². The van der Waals surface area contributed by atoms with E-state index < -0.39 is 0 Å². The van der Waals surface area contributed by atoms with Crippen LogP contribution in [0.3, 0.4) is 0 Å². The van der Waals surface area contributed by atoms with Crippen molar-refractivity contribution < 1.29 is 0 Å². The highest BCUT2D eigenvalue weighted by Crippen LogP contribution is 2.71. The number of fused-ring (bicyclic) bond motifs is 8. The van der Waals surface area contributed by atoms with Crippen molar-refractivity contribution >= 4 is 42.4 Å². The lowest BCUT2D eigenvalue weighted by molar-refractivity contribution is -0.0391. The van der Waals surface area contributed by atoms with Crippen molar-refractivity contribution in [1.29, 1.82) is 0 Å². The van der Waals surface area contributed by atoms with Gasteiger partial charge in [-0.3, -0.25) is 0 Å². The van der Waals surface area contributed by atoms with Gasteiger partial charge in [0, 0.05) is 42.7 Å². The second kappa shape index (κ2) is 7.34. The zero-order valence-corrected chi connectivity index (χ0v) is 22.5. The van der Waals surface area contributed by atoms with Gasteiger partial charge in [-0.1, -0.05) is 66.7 Å². The van der Waals surface area contributed by atoms with E-state index in [1.807, 2.05) is 17.5 Å². The maximum Gasteiger partial charge on any atom is 0.160 e. The number of aromatic nitrogens is 2. The molecule has 39 heavy (non-hydrogen) atoms. The van der Waals surface area contributed by atoms with Gasteiger partial charge in [-0.05, 0) is 90.2 Å². The monoisotopic (exact) mass is 520 g/mol. The van der Waals surface area contributed by atoms with Gasteiger partial charge in [-0.15, -0.1) is 11.3 Å². The molecule has 0 unspecified atom stereocenters. The summed E-state index contributed by atoms with van der Waals surface area (Å²) in [7, 11) is 0. The van der Waals surface area contributed by atoms with Gasteiger partial charge >= 0.3 is 0 Å². The average molecular weight is 521 g/mol. The highest BCUT2D eigenvalue weighted by Gasteiger charge is 2.63. The Bertz CT molecular complexity index is 1970. The second-order valence-electron chi connectivity index (χ2n) is 12.6. The molecule has 5 aliphatic carbocycles. The van der Waals surface area contributed by atoms with E-state index in [0.29, 0.717) is 11.8 Å². The molecule has 0 aliphatic heterocycles. The molecule has 11 rings (SSSR count). The Morgan fingerprint density at radius 2 is 1.38 bits per heavy atom. The van der Waals surface area contributed by atoms with Gasteiger partial charge in [0.1, 0.15) is 0 Å². The van der Waals surface area contributed by atoms with Gasteiger partial charge in [0.15, 0.2) is 5.82 Å². The fraction of sp³-hybridized carbons (Fsp3) is 0.278. The van der Waals surface area contributed by atoms with E-state index in [4.69, 9.17) is 9.97 Å². The molecule has 5 aliphatic rings. The minimum Gasteiger partial charge on any atom is -0.236 e. The molecule has 0 atom stereocenters. The fourth-order valence-corrected chi connectivity index (χ4v) is 11.1. The maximum absolute atomic E-state index is 5.17. The normalized spacial score (nSPS) is 28.1. The third kappa shape index (κ3) is 2.58. The van der Waals surface area contributed by atoms with Crippen molar-refractivity contribution in [3.05, 3.63) is 96.2 Å². The molecule has 0 N–H and O–H groups in total. The van der Waals surface area contributed by atoms with E-state index in [9.17, 15) is 0 Å². The SMILES string of the molecule is c1cc(-c2ncc3ccccc3n2)c2c(c1)-c1ccc3c(sc4ccccc43)c1C21C2CC3CC(C2)CC1C3. The molecular formula is C36H28N2S. The van der Waals surface area contributed by atoms with Crippen molar-refractivity contribution in [2.45, 2.75) is 37.5 Å². The Kier molecular flexibility index (Phi) is 4.01. The maximum atomic E-state index is 5.17. The first kappa shape index (κ1) is 21.3. The van der Waals surface area contributed by atoms with Gasteiger partial charge < -0.3 is 0 Å². The molecule has 188 valence electrons. The first-order chi connectivity index (χ1) is 19.3. The predicted molar refractivity (Wildman–Crippen MR) is 161 cm³/mol. The molecule has 4 aromatic carbocycles. The van der Waals surface area contributed by atoms with Gasteiger partial charge in [0.05, 0.1) is 5.52 Å². The Morgan fingerprint density at radius 1 is 0.641 bits per heavy atom. The van der Waals surface area contributed by atoms with Crippen molar-refractivity contribution in [2.75, 3.05) is 0 Å². The molecular weight excluding hydrogens is 492 g/mol. The Labute approximate surface area is 231 Å². The predicted octanol–water partition coefficient (Wildman–Crippen LogP) is 9.39. The van der Waals surface area contributed by atoms with Crippen molar-refractivity contribution in [3.8, 4) is 22.5 Å². The summed E-state index contributed by atoms with van der Waals surface area (Å²) in [6, 6.07) is 29.3. The lowest BCUT2D eigenvalue weighted by Gasteiger charge is -2.61. The molecule has 1 spiro atoms. The number of benzene rings is 4. The van der Waals surface area contributed by atoms with E-state index in [0.717, 1.165) is 28.6 Å². The number of rotatable bonds is 1. The number of hydrogen-bond donors (Lipinski definition) is 0. The first-order valence-electron chi connectivity index (χ1n) is 14.6. The average Bonchev–Trinajstić information content (AvgIpc) is 3.49. The van der Waals surface area contributed by atoms with Crippen LogP contribution in [0.15, 0.2) is 85.1 Å². The fourth-order valence-electron chi connectivity index (χ4n) is 9.80. The number of thiophene rings is 1. The van der Waals surface area contributed by atoms with Crippen LogP contribution < -0.4 is 0 Å². The summed E-state index contributed by atoms with van der Waals surface area (Å²) in [5, 5.41) is 3.96. The summed E-state index contributed by atoms with van der Waals surface area (Å²) in [6.45, 7) is 0. The molecule has 6 aromatic rings. The summed E-state index contributed by atoms with van der Waals surface area (Å²) < 4.78 is 2.94. The highest BCUT2D eigenvalue weighted by molar-refractivity contribution is 7.26. The summed E-state index contributed by atoms with van der Waals surface area (Å²) in [4.78, 5) is 10.2. The Balaban J connectivity index is 1.33. The van der Waals surface area contributed by atoms with E-state index >= 15 is 0 Å². The molecule has 4 saturated carbocycles. The molecule has 2 nitrogen and oxygen atoms in total. The largest absolute Gasteiger partial charge is 0.236 e. The van der Waals surface area contributed by atoms with Crippen molar-refractivity contribution in [2.24, 2.45) is 23.7 Å². The smallest absolute Gasteiger partial charge is 0.160 e. The van der Waals surface area contributed by atoms with Crippen LogP contribution in [0, 0.1) is 23.7 Å². The van der Waals surface area contributed by atoms with E-state index in [-0.39, 0.29) is 5.41 Å². The molecule has 0 amide bonds. The van der Waals surface area contributed by atoms with Crippen LogP contribution >= 0.6 is 11.3 Å². The lowest BCUT2D eigenvalue weighted by atomic mass is 9.43. The minimum absolute atomic E-state index is 0.0596. The molecule has 2 heterocycles. The zero-order chi connectivity index (χ0) is 25.3. The third-order valence-corrected chi connectivity index (χ3v) is 12.1. The first-order valence-corrected chi connectivity index (χ1v) is 15.4. The molecule has 4 bridgehead atoms. The minimum atomic E-state index is 0.0596. The molecule has 3 heteroatoms. The van der Waals surface area contributed by atoms with Crippen molar-refractivity contribution in [3.63, 3.8) is 0 Å². The Hall–Kier alpha value is -3.56. The number of nitrogens with zero attached hydrogens (tertiary/aromatic N) is 2. The standard InChI is InChI=1S/C36H28N2S/c1-3-10-30-22(6-1)19-37-35(38-30)29-9-5-8-26-27-12-13-28-25-7-2-4-11-31(25)39-34(28)33(27)36(32(26)29)23-15-20-14-21(17-23)18-24(36)16-20/h1-13,19-21,23-24H,14-18H2. The molecule has 4 fully saturated rings. The highest BCUT2D eigenvalue weighted by atomic mass is 32.1. The zero-order valence-electron chi connectivity index (χ0n) is 21.7. The van der Waals surface area contributed by atoms with Gasteiger partial charge in [-0.25, -0.2) is 9.97 Å². The second-order valence-corrected chi connectivity index (χ2v) is 13.7. The van der Waals surface area contributed by atoms with Gasteiger partial charge in [0.25, 0.3) is 0 Å². The van der Waals surface area contributed by atoms with E-state index in [1.54, 1.807) is 11.1 Å². The summed E-state index contributed by atoms with van der Waals surface area (Å²) in [5.74, 6) is 4.11. The van der Waals surface area contributed by atoms with Crippen LogP contribution in [-0.2, 0) is 5.41 Å². The molecule has 0 radical (unpaired) electrons. The van der Waals surface area contributed by atoms with E-state index in [1.165, 1.54) is 69.0 Å². The van der Waals surface area contributed by atoms with E-state index in [2.05, 4.69) is 78.9 Å². The lowest BCUT2D eigenvalue weighted by Crippen LogP contribution is -2.55. The van der Waals surface area contributed by atoms with Gasteiger partial charge in [0.2, 0.25) is 0 Å².